The number of ether oxygens (including phenoxy) is 2. The Balaban J connectivity index is 1.64. The van der Waals surface area contributed by atoms with Crippen LogP contribution in [0, 0.1) is 0 Å². The lowest BCUT2D eigenvalue weighted by molar-refractivity contribution is 0.318. The van der Waals surface area contributed by atoms with Gasteiger partial charge in [0.15, 0.2) is 0 Å². The van der Waals surface area contributed by atoms with E-state index in [4.69, 9.17) is 9.47 Å². The number of nitrogens with one attached hydrogen (secondary N) is 1. The number of aromatic nitrogens is 1. The average molecular weight is 267 g/mol. The van der Waals surface area contributed by atoms with Gasteiger partial charge >= 0.3 is 0 Å². The predicted molar refractivity (Wildman–Crippen MR) is 80.5 cm³/mol. The Morgan fingerprint density at radius 2 is 1.95 bits per heavy atom. The van der Waals surface area contributed by atoms with Gasteiger partial charge in [-0.3, -0.25) is 0 Å². The topological polar surface area (TPSA) is 34.2 Å². The normalized spacial score (nSPS) is 10.7. The summed E-state index contributed by atoms with van der Waals surface area (Å²) in [5.41, 5.74) is 2.26. The van der Waals surface area contributed by atoms with Crippen LogP contribution in [0.5, 0.6) is 11.5 Å². The van der Waals surface area contributed by atoms with Gasteiger partial charge < -0.3 is 14.5 Å². The maximum absolute atomic E-state index is 5.81. The summed E-state index contributed by atoms with van der Waals surface area (Å²) in [6.07, 6.45) is 2.76. The summed E-state index contributed by atoms with van der Waals surface area (Å²) in [6.45, 7) is 0.632. The molecule has 3 heteroatoms. The maximum Gasteiger partial charge on any atom is 0.122 e. The van der Waals surface area contributed by atoms with Crippen molar-refractivity contribution < 1.29 is 9.47 Å². The maximum atomic E-state index is 5.81. The summed E-state index contributed by atoms with van der Waals surface area (Å²) in [7, 11) is 1.69. The molecule has 1 heterocycles. The fraction of sp³-hybridized carbons (Fsp3) is 0.176. The van der Waals surface area contributed by atoms with Crippen LogP contribution >= 0.6 is 0 Å². The van der Waals surface area contributed by atoms with E-state index >= 15 is 0 Å². The second-order valence-electron chi connectivity index (χ2n) is 4.64. The quantitative estimate of drug-likeness (QED) is 0.763. The van der Waals surface area contributed by atoms with Crippen LogP contribution in [-0.4, -0.2) is 18.7 Å². The zero-order chi connectivity index (χ0) is 13.8. The lowest BCUT2D eigenvalue weighted by Crippen LogP contribution is -2.02. The third-order valence-corrected chi connectivity index (χ3v) is 3.36. The lowest BCUT2D eigenvalue weighted by atomic mass is 10.1. The Morgan fingerprint density at radius 3 is 2.85 bits per heavy atom. The smallest absolute Gasteiger partial charge is 0.122 e. The number of methoxy groups -OCH3 is 1. The summed E-state index contributed by atoms with van der Waals surface area (Å²) in [5, 5.41) is 1.20. The van der Waals surface area contributed by atoms with E-state index in [1.165, 1.54) is 5.39 Å². The van der Waals surface area contributed by atoms with Gasteiger partial charge in [0.25, 0.3) is 0 Å². The molecular weight excluding hydrogens is 250 g/mol. The van der Waals surface area contributed by atoms with Crippen molar-refractivity contribution in [2.75, 3.05) is 13.7 Å². The van der Waals surface area contributed by atoms with Gasteiger partial charge in [0.1, 0.15) is 11.5 Å². The molecule has 0 amide bonds. The number of para-hydroxylation sites is 1. The van der Waals surface area contributed by atoms with Gasteiger partial charge in [-0.05, 0) is 35.2 Å². The van der Waals surface area contributed by atoms with Crippen molar-refractivity contribution in [2.24, 2.45) is 0 Å². The summed E-state index contributed by atoms with van der Waals surface area (Å²) in [4.78, 5) is 3.19. The van der Waals surface area contributed by atoms with E-state index in [0.717, 1.165) is 29.0 Å². The van der Waals surface area contributed by atoms with E-state index in [1.807, 2.05) is 42.6 Å². The zero-order valence-corrected chi connectivity index (χ0v) is 11.4. The molecule has 102 valence electrons. The van der Waals surface area contributed by atoms with Gasteiger partial charge in [-0.1, -0.05) is 18.2 Å². The van der Waals surface area contributed by atoms with Crippen molar-refractivity contribution in [1.29, 1.82) is 0 Å². The number of hydrogen-bond donors (Lipinski definition) is 1. The first kappa shape index (κ1) is 12.6. The van der Waals surface area contributed by atoms with Crippen LogP contribution in [0.15, 0.2) is 54.7 Å². The number of rotatable bonds is 5. The fourth-order valence-electron chi connectivity index (χ4n) is 2.31. The van der Waals surface area contributed by atoms with Crippen LogP contribution in [0.1, 0.15) is 5.56 Å². The SMILES string of the molecule is COc1ccccc1CCOc1ccc2cc[nH]c2c1. The predicted octanol–water partition coefficient (Wildman–Crippen LogP) is 3.80. The van der Waals surface area contributed by atoms with E-state index in [0.29, 0.717) is 6.61 Å². The molecule has 0 saturated carbocycles. The number of aromatic amines is 1. The molecule has 0 spiro atoms. The Labute approximate surface area is 118 Å². The van der Waals surface area contributed by atoms with Gasteiger partial charge in [0.05, 0.1) is 13.7 Å². The number of fused-ring (bicyclic) bond motifs is 1. The average Bonchev–Trinajstić information content (AvgIpc) is 2.95. The Hall–Kier alpha value is -2.42. The second-order valence-corrected chi connectivity index (χ2v) is 4.64. The minimum Gasteiger partial charge on any atom is -0.496 e. The zero-order valence-electron chi connectivity index (χ0n) is 11.4. The molecule has 1 N–H and O–H groups in total. The van der Waals surface area contributed by atoms with Crippen molar-refractivity contribution in [3.63, 3.8) is 0 Å². The van der Waals surface area contributed by atoms with Gasteiger partial charge in [-0.25, -0.2) is 0 Å². The highest BCUT2D eigenvalue weighted by atomic mass is 16.5. The van der Waals surface area contributed by atoms with Crippen LogP contribution in [0.25, 0.3) is 10.9 Å². The summed E-state index contributed by atoms with van der Waals surface area (Å²) in [6, 6.07) is 16.2. The third kappa shape index (κ3) is 2.62. The van der Waals surface area contributed by atoms with Crippen molar-refractivity contribution in [3.05, 3.63) is 60.3 Å². The van der Waals surface area contributed by atoms with Crippen LogP contribution in [-0.2, 0) is 6.42 Å². The van der Waals surface area contributed by atoms with Crippen molar-refractivity contribution in [2.45, 2.75) is 6.42 Å². The molecule has 0 unspecified atom stereocenters. The first-order valence-corrected chi connectivity index (χ1v) is 6.68. The molecule has 0 aliphatic heterocycles. The molecule has 3 rings (SSSR count). The number of benzene rings is 2. The van der Waals surface area contributed by atoms with Gasteiger partial charge in [0.2, 0.25) is 0 Å². The molecule has 0 aliphatic rings. The molecule has 3 nitrogen and oxygen atoms in total. The van der Waals surface area contributed by atoms with Gasteiger partial charge in [0, 0.05) is 24.2 Å². The van der Waals surface area contributed by atoms with E-state index in [-0.39, 0.29) is 0 Å². The number of hydrogen-bond acceptors (Lipinski definition) is 2. The Kier molecular flexibility index (Phi) is 3.59. The first-order valence-electron chi connectivity index (χ1n) is 6.68. The standard InChI is InChI=1S/C17H17NO2/c1-19-17-5-3-2-4-14(17)9-11-20-15-7-6-13-8-10-18-16(13)12-15/h2-8,10,12,18H,9,11H2,1H3. The highest BCUT2D eigenvalue weighted by molar-refractivity contribution is 5.80. The number of H-pyrrole nitrogens is 1. The van der Waals surface area contributed by atoms with E-state index in [9.17, 15) is 0 Å². The monoisotopic (exact) mass is 267 g/mol. The molecule has 3 aromatic rings. The minimum atomic E-state index is 0.632. The lowest BCUT2D eigenvalue weighted by Gasteiger charge is -2.09. The molecular formula is C17H17NO2. The molecule has 0 radical (unpaired) electrons. The highest BCUT2D eigenvalue weighted by Crippen LogP contribution is 2.21. The molecule has 0 saturated heterocycles. The van der Waals surface area contributed by atoms with E-state index in [1.54, 1.807) is 7.11 Å². The first-order chi connectivity index (χ1) is 9.86. The molecule has 0 atom stereocenters. The summed E-state index contributed by atoms with van der Waals surface area (Å²) >= 11 is 0. The van der Waals surface area contributed by atoms with E-state index in [2.05, 4.69) is 17.1 Å². The van der Waals surface area contributed by atoms with E-state index < -0.39 is 0 Å². The molecule has 2 aromatic carbocycles. The summed E-state index contributed by atoms with van der Waals surface area (Å²) < 4.78 is 11.1. The molecule has 1 aromatic heterocycles. The Morgan fingerprint density at radius 1 is 1.05 bits per heavy atom. The van der Waals surface area contributed by atoms with Crippen molar-refractivity contribution in [3.8, 4) is 11.5 Å². The van der Waals surface area contributed by atoms with Crippen LogP contribution < -0.4 is 9.47 Å². The Bertz CT molecular complexity index is 703. The van der Waals surface area contributed by atoms with Gasteiger partial charge in [-0.2, -0.15) is 0 Å². The minimum absolute atomic E-state index is 0.632. The molecule has 0 fully saturated rings. The molecule has 20 heavy (non-hydrogen) atoms. The highest BCUT2D eigenvalue weighted by Gasteiger charge is 2.02. The van der Waals surface area contributed by atoms with Crippen molar-refractivity contribution >= 4 is 10.9 Å². The molecule has 0 aliphatic carbocycles. The van der Waals surface area contributed by atoms with Gasteiger partial charge in [-0.15, -0.1) is 0 Å². The third-order valence-electron chi connectivity index (χ3n) is 3.36. The second kappa shape index (κ2) is 5.70. The van der Waals surface area contributed by atoms with Crippen LogP contribution in [0.2, 0.25) is 0 Å². The van der Waals surface area contributed by atoms with Crippen LogP contribution in [0.4, 0.5) is 0 Å². The van der Waals surface area contributed by atoms with Crippen molar-refractivity contribution in [1.82, 2.24) is 4.98 Å². The fourth-order valence-corrected chi connectivity index (χ4v) is 2.31. The molecule has 0 bridgehead atoms. The van der Waals surface area contributed by atoms with Crippen LogP contribution in [0.3, 0.4) is 0 Å². The largest absolute Gasteiger partial charge is 0.496 e. The summed E-state index contributed by atoms with van der Waals surface area (Å²) in [5.74, 6) is 1.80.